The molecule has 1 N–H and O–H groups in total. The number of urea groups is 1. The van der Waals surface area contributed by atoms with Crippen molar-refractivity contribution in [3.8, 4) is 5.75 Å². The number of rotatable bonds is 6. The minimum Gasteiger partial charge on any atom is -0.494 e. The first-order valence-corrected chi connectivity index (χ1v) is 8.97. The van der Waals surface area contributed by atoms with Gasteiger partial charge < -0.3 is 19.5 Å². The number of ether oxygens (including phenoxy) is 1. The summed E-state index contributed by atoms with van der Waals surface area (Å²) < 4.78 is 10.8. The maximum atomic E-state index is 12.7. The van der Waals surface area contributed by atoms with Crippen molar-refractivity contribution in [1.82, 2.24) is 10.1 Å². The van der Waals surface area contributed by atoms with Crippen LogP contribution >= 0.6 is 0 Å². The summed E-state index contributed by atoms with van der Waals surface area (Å²) in [6.07, 6.45) is 3.77. The fraction of sp³-hybridized carbons (Fsp3) is 0.474. The largest absolute Gasteiger partial charge is 0.494 e. The Bertz CT molecular complexity index is 696. The zero-order chi connectivity index (χ0) is 17.6. The maximum Gasteiger partial charge on any atom is 0.322 e. The van der Waals surface area contributed by atoms with Crippen LogP contribution in [0.1, 0.15) is 50.6 Å². The van der Waals surface area contributed by atoms with E-state index < -0.39 is 0 Å². The second-order valence-corrected chi connectivity index (χ2v) is 6.21. The Kier molecular flexibility index (Phi) is 5.58. The second kappa shape index (κ2) is 8.05. The van der Waals surface area contributed by atoms with Gasteiger partial charge >= 0.3 is 6.03 Å². The topological polar surface area (TPSA) is 67.6 Å². The highest BCUT2D eigenvalue weighted by atomic mass is 16.5. The first-order chi connectivity index (χ1) is 12.2. The third-order valence-electron chi connectivity index (χ3n) is 4.35. The van der Waals surface area contributed by atoms with Gasteiger partial charge in [0.15, 0.2) is 0 Å². The van der Waals surface area contributed by atoms with Gasteiger partial charge in [0.1, 0.15) is 17.2 Å². The summed E-state index contributed by atoms with van der Waals surface area (Å²) in [5.41, 5.74) is 1.61. The summed E-state index contributed by atoms with van der Waals surface area (Å²) in [5, 5.41) is 7.13. The van der Waals surface area contributed by atoms with Crippen LogP contribution in [-0.2, 0) is 6.42 Å². The van der Waals surface area contributed by atoms with Crippen LogP contribution in [0.25, 0.3) is 0 Å². The van der Waals surface area contributed by atoms with Crippen LogP contribution in [0, 0.1) is 0 Å². The third-order valence-corrected chi connectivity index (χ3v) is 4.35. The monoisotopic (exact) mass is 343 g/mol. The van der Waals surface area contributed by atoms with Crippen LogP contribution in [0.2, 0.25) is 0 Å². The van der Waals surface area contributed by atoms with Gasteiger partial charge in [0.05, 0.1) is 12.6 Å². The number of likely N-dealkylation sites (tertiary alicyclic amines) is 1. The third kappa shape index (κ3) is 4.13. The van der Waals surface area contributed by atoms with Crippen molar-refractivity contribution in [3.05, 3.63) is 41.8 Å². The minimum absolute atomic E-state index is 0.0166. The number of hydrogen-bond donors (Lipinski definition) is 1. The quantitative estimate of drug-likeness (QED) is 0.844. The summed E-state index contributed by atoms with van der Waals surface area (Å²) in [4.78, 5) is 14.5. The van der Waals surface area contributed by atoms with E-state index in [4.69, 9.17) is 9.26 Å². The van der Waals surface area contributed by atoms with Gasteiger partial charge in [0, 0.05) is 24.7 Å². The number of carbonyl (C=O) groups is 1. The first-order valence-electron chi connectivity index (χ1n) is 8.97. The lowest BCUT2D eigenvalue weighted by molar-refractivity contribution is 0.204. The molecule has 2 aromatic rings. The van der Waals surface area contributed by atoms with Crippen LogP contribution in [0.15, 0.2) is 34.9 Å². The zero-order valence-electron chi connectivity index (χ0n) is 14.8. The molecule has 1 aliphatic rings. The number of nitrogens with one attached hydrogen (secondary N) is 1. The van der Waals surface area contributed by atoms with Crippen molar-refractivity contribution in [1.29, 1.82) is 0 Å². The summed E-state index contributed by atoms with van der Waals surface area (Å²) in [6.45, 7) is 5.40. The number of aryl methyl sites for hydroxylation is 1. The van der Waals surface area contributed by atoms with E-state index in [2.05, 4.69) is 17.4 Å². The molecular weight excluding hydrogens is 318 g/mol. The van der Waals surface area contributed by atoms with Gasteiger partial charge in [-0.05, 0) is 50.5 Å². The molecule has 25 heavy (non-hydrogen) atoms. The summed E-state index contributed by atoms with van der Waals surface area (Å²) >= 11 is 0. The van der Waals surface area contributed by atoms with Crippen LogP contribution in [0.3, 0.4) is 0 Å². The highest BCUT2D eigenvalue weighted by Gasteiger charge is 2.32. The number of amides is 2. The average molecular weight is 343 g/mol. The molecule has 1 unspecified atom stereocenters. The molecule has 1 aliphatic heterocycles. The molecule has 3 rings (SSSR count). The molecule has 6 heteroatoms. The Morgan fingerprint density at radius 1 is 1.36 bits per heavy atom. The number of carbonyl (C=O) groups excluding carboxylic acids is 1. The number of nitrogens with zero attached hydrogens (tertiary/aromatic N) is 2. The zero-order valence-corrected chi connectivity index (χ0v) is 14.8. The lowest BCUT2D eigenvalue weighted by Gasteiger charge is -2.23. The highest BCUT2D eigenvalue weighted by Crippen LogP contribution is 2.32. The molecule has 1 atom stereocenters. The first kappa shape index (κ1) is 17.3. The van der Waals surface area contributed by atoms with Crippen molar-refractivity contribution in [2.75, 3.05) is 18.5 Å². The number of aromatic nitrogens is 1. The number of hydrogen-bond acceptors (Lipinski definition) is 4. The molecule has 2 amide bonds. The van der Waals surface area contributed by atoms with Gasteiger partial charge in [-0.25, -0.2) is 4.79 Å². The normalized spacial score (nSPS) is 16.9. The summed E-state index contributed by atoms with van der Waals surface area (Å²) in [5.74, 6) is 1.68. The molecule has 1 aromatic carbocycles. The molecule has 134 valence electrons. The standard InChI is InChI=1S/C19H25N3O3/c1-3-6-16-13-17(21-25-16)18-7-5-12-22(18)19(23)20-14-8-10-15(11-9-14)24-4-2/h8-11,13,18H,3-7,12H2,1-2H3,(H,20,23). The lowest BCUT2D eigenvalue weighted by Crippen LogP contribution is -2.34. The molecular formula is C19H25N3O3. The van der Waals surface area contributed by atoms with Gasteiger partial charge in [-0.3, -0.25) is 0 Å². The van der Waals surface area contributed by atoms with E-state index in [0.29, 0.717) is 6.61 Å². The van der Waals surface area contributed by atoms with Crippen LogP contribution in [0.5, 0.6) is 5.75 Å². The van der Waals surface area contributed by atoms with Crippen LogP contribution in [0.4, 0.5) is 10.5 Å². The van der Waals surface area contributed by atoms with Gasteiger partial charge in [0.25, 0.3) is 0 Å². The Hall–Kier alpha value is -2.50. The molecule has 1 saturated heterocycles. The lowest BCUT2D eigenvalue weighted by atomic mass is 10.1. The fourth-order valence-corrected chi connectivity index (χ4v) is 3.16. The van der Waals surface area contributed by atoms with E-state index >= 15 is 0 Å². The highest BCUT2D eigenvalue weighted by molar-refractivity contribution is 5.89. The van der Waals surface area contributed by atoms with E-state index in [1.807, 2.05) is 42.2 Å². The van der Waals surface area contributed by atoms with Crippen molar-refractivity contribution in [3.63, 3.8) is 0 Å². The van der Waals surface area contributed by atoms with E-state index in [0.717, 1.165) is 55.1 Å². The van der Waals surface area contributed by atoms with Crippen molar-refractivity contribution >= 4 is 11.7 Å². The van der Waals surface area contributed by atoms with E-state index in [1.54, 1.807) is 0 Å². The molecule has 0 spiro atoms. The molecule has 0 radical (unpaired) electrons. The Labute approximate surface area is 148 Å². The Morgan fingerprint density at radius 3 is 2.88 bits per heavy atom. The summed E-state index contributed by atoms with van der Waals surface area (Å²) in [7, 11) is 0. The second-order valence-electron chi connectivity index (χ2n) is 6.21. The molecule has 0 saturated carbocycles. The van der Waals surface area contributed by atoms with E-state index in [1.165, 1.54) is 0 Å². The van der Waals surface area contributed by atoms with Gasteiger partial charge in [0.2, 0.25) is 0 Å². The fourth-order valence-electron chi connectivity index (χ4n) is 3.16. The van der Waals surface area contributed by atoms with Gasteiger partial charge in [-0.1, -0.05) is 12.1 Å². The molecule has 1 fully saturated rings. The predicted octanol–water partition coefficient (Wildman–Crippen LogP) is 4.39. The minimum atomic E-state index is -0.105. The van der Waals surface area contributed by atoms with E-state index in [-0.39, 0.29) is 12.1 Å². The SMILES string of the molecule is CCCc1cc(C2CCCN2C(=O)Nc2ccc(OCC)cc2)no1. The Balaban J connectivity index is 1.65. The van der Waals surface area contributed by atoms with E-state index in [9.17, 15) is 4.79 Å². The molecule has 0 bridgehead atoms. The summed E-state index contributed by atoms with van der Waals surface area (Å²) in [6, 6.07) is 9.28. The van der Waals surface area contributed by atoms with Crippen molar-refractivity contribution in [2.45, 2.75) is 45.6 Å². The molecule has 1 aromatic heterocycles. The molecule has 2 heterocycles. The van der Waals surface area contributed by atoms with Gasteiger partial charge in [-0.2, -0.15) is 0 Å². The number of anilines is 1. The smallest absolute Gasteiger partial charge is 0.322 e. The van der Waals surface area contributed by atoms with Gasteiger partial charge in [-0.15, -0.1) is 0 Å². The van der Waals surface area contributed by atoms with Crippen molar-refractivity contribution < 1.29 is 14.1 Å². The predicted molar refractivity (Wildman–Crippen MR) is 95.8 cm³/mol. The number of benzene rings is 1. The average Bonchev–Trinajstić information content (AvgIpc) is 3.26. The van der Waals surface area contributed by atoms with Crippen LogP contribution < -0.4 is 10.1 Å². The van der Waals surface area contributed by atoms with Crippen molar-refractivity contribution in [2.24, 2.45) is 0 Å². The maximum absolute atomic E-state index is 12.7. The van der Waals surface area contributed by atoms with Crippen LogP contribution in [-0.4, -0.2) is 29.2 Å². The molecule has 6 nitrogen and oxygen atoms in total. The molecule has 0 aliphatic carbocycles. The Morgan fingerprint density at radius 2 is 2.16 bits per heavy atom.